The molecule has 0 fully saturated rings. The Morgan fingerprint density at radius 3 is 2.64 bits per heavy atom. The van der Waals surface area contributed by atoms with Crippen molar-refractivity contribution in [1.82, 2.24) is 0 Å². The minimum atomic E-state index is 0.757. The molecule has 0 atom stereocenters. The summed E-state index contributed by atoms with van der Waals surface area (Å²) in [6.45, 7) is 0.757. The van der Waals surface area contributed by atoms with Crippen LogP contribution in [-0.2, 0) is 6.42 Å². The van der Waals surface area contributed by atoms with Crippen molar-refractivity contribution in [2.24, 2.45) is 5.73 Å². The molecule has 0 saturated carbocycles. The number of nitrogens with zero attached hydrogens (tertiary/aromatic N) is 1. The van der Waals surface area contributed by atoms with Crippen LogP contribution in [0.15, 0.2) is 22.7 Å². The molecule has 1 rings (SSSR count). The van der Waals surface area contributed by atoms with Gasteiger partial charge in [0.1, 0.15) is 0 Å². The fraction of sp³-hybridized carbons (Fsp3) is 0.455. The molecule has 0 aliphatic carbocycles. The normalized spacial score (nSPS) is 10.3. The smallest absolute Gasteiger partial charge is 0.0508 e. The topological polar surface area (TPSA) is 29.3 Å². The zero-order valence-electron chi connectivity index (χ0n) is 8.76. The minimum absolute atomic E-state index is 0.757. The molecule has 0 aliphatic heterocycles. The van der Waals surface area contributed by atoms with E-state index >= 15 is 0 Å². The van der Waals surface area contributed by atoms with Crippen molar-refractivity contribution < 1.29 is 0 Å². The Kier molecular flexibility index (Phi) is 4.42. The molecular formula is C11H17BrN2. The van der Waals surface area contributed by atoms with Crippen LogP contribution in [0.2, 0.25) is 0 Å². The summed E-state index contributed by atoms with van der Waals surface area (Å²) in [7, 11) is 4.10. The standard InChI is InChI=1S/C11H17BrN2/c1-14(2)11-8-9(4-3-7-13)5-6-10(11)12/h5-6,8H,3-4,7,13H2,1-2H3. The molecule has 0 amide bonds. The highest BCUT2D eigenvalue weighted by Crippen LogP contribution is 2.26. The van der Waals surface area contributed by atoms with Gasteiger partial charge in [0.05, 0.1) is 5.69 Å². The van der Waals surface area contributed by atoms with Crippen LogP contribution >= 0.6 is 15.9 Å². The molecule has 0 saturated heterocycles. The van der Waals surface area contributed by atoms with Gasteiger partial charge >= 0.3 is 0 Å². The molecule has 14 heavy (non-hydrogen) atoms. The van der Waals surface area contributed by atoms with Crippen LogP contribution in [0.4, 0.5) is 5.69 Å². The second-order valence-electron chi connectivity index (χ2n) is 3.57. The number of nitrogens with two attached hydrogens (primary N) is 1. The van der Waals surface area contributed by atoms with Crippen molar-refractivity contribution in [3.8, 4) is 0 Å². The SMILES string of the molecule is CN(C)c1cc(CCCN)ccc1Br. The van der Waals surface area contributed by atoms with E-state index in [2.05, 4.69) is 39.0 Å². The van der Waals surface area contributed by atoms with Crippen LogP contribution in [0.1, 0.15) is 12.0 Å². The Balaban J connectivity index is 2.83. The number of aryl methyl sites for hydroxylation is 1. The number of halogens is 1. The maximum atomic E-state index is 5.48. The number of anilines is 1. The fourth-order valence-electron chi connectivity index (χ4n) is 1.36. The van der Waals surface area contributed by atoms with Crippen LogP contribution in [0.3, 0.4) is 0 Å². The highest BCUT2D eigenvalue weighted by molar-refractivity contribution is 9.10. The van der Waals surface area contributed by atoms with E-state index in [9.17, 15) is 0 Å². The summed E-state index contributed by atoms with van der Waals surface area (Å²) < 4.78 is 1.14. The molecule has 1 aromatic rings. The monoisotopic (exact) mass is 256 g/mol. The Morgan fingerprint density at radius 2 is 2.07 bits per heavy atom. The van der Waals surface area contributed by atoms with Gasteiger partial charge < -0.3 is 10.6 Å². The average molecular weight is 257 g/mol. The van der Waals surface area contributed by atoms with Crippen LogP contribution < -0.4 is 10.6 Å². The maximum Gasteiger partial charge on any atom is 0.0508 e. The summed E-state index contributed by atoms with van der Waals surface area (Å²) in [5.74, 6) is 0. The first-order valence-corrected chi connectivity index (χ1v) is 5.60. The molecular weight excluding hydrogens is 240 g/mol. The van der Waals surface area contributed by atoms with Gasteiger partial charge in [0, 0.05) is 18.6 Å². The first-order chi connectivity index (χ1) is 6.65. The number of rotatable bonds is 4. The summed E-state index contributed by atoms with van der Waals surface area (Å²) >= 11 is 3.53. The van der Waals surface area contributed by atoms with Crippen molar-refractivity contribution in [3.05, 3.63) is 28.2 Å². The lowest BCUT2D eigenvalue weighted by Gasteiger charge is -2.15. The molecule has 0 aromatic heterocycles. The van der Waals surface area contributed by atoms with E-state index in [0.29, 0.717) is 0 Å². The number of hydrogen-bond acceptors (Lipinski definition) is 2. The summed E-state index contributed by atoms with van der Waals surface area (Å²) in [5.41, 5.74) is 8.06. The first-order valence-electron chi connectivity index (χ1n) is 4.81. The van der Waals surface area contributed by atoms with Gasteiger partial charge in [-0.05, 0) is 53.0 Å². The molecule has 1 aromatic carbocycles. The molecule has 0 spiro atoms. The molecule has 2 nitrogen and oxygen atoms in total. The van der Waals surface area contributed by atoms with Gasteiger partial charge in [-0.2, -0.15) is 0 Å². The average Bonchev–Trinajstić information content (AvgIpc) is 2.16. The Morgan fingerprint density at radius 1 is 1.36 bits per heavy atom. The van der Waals surface area contributed by atoms with Gasteiger partial charge in [-0.25, -0.2) is 0 Å². The third-order valence-electron chi connectivity index (χ3n) is 2.16. The van der Waals surface area contributed by atoms with Crippen LogP contribution in [0.25, 0.3) is 0 Å². The van der Waals surface area contributed by atoms with Crippen molar-refractivity contribution in [2.75, 3.05) is 25.5 Å². The van der Waals surface area contributed by atoms with Gasteiger partial charge in [-0.15, -0.1) is 0 Å². The quantitative estimate of drug-likeness (QED) is 0.897. The summed E-state index contributed by atoms with van der Waals surface area (Å²) in [5, 5.41) is 0. The summed E-state index contributed by atoms with van der Waals surface area (Å²) in [4.78, 5) is 2.11. The largest absolute Gasteiger partial charge is 0.377 e. The van der Waals surface area contributed by atoms with Crippen molar-refractivity contribution in [3.63, 3.8) is 0 Å². The molecule has 0 heterocycles. The summed E-state index contributed by atoms with van der Waals surface area (Å²) in [6.07, 6.45) is 2.11. The molecule has 0 unspecified atom stereocenters. The summed E-state index contributed by atoms with van der Waals surface area (Å²) in [6, 6.07) is 6.45. The lowest BCUT2D eigenvalue weighted by atomic mass is 10.1. The zero-order chi connectivity index (χ0) is 10.6. The van der Waals surface area contributed by atoms with Gasteiger partial charge in [-0.3, -0.25) is 0 Å². The van der Waals surface area contributed by atoms with E-state index in [-0.39, 0.29) is 0 Å². The van der Waals surface area contributed by atoms with E-state index < -0.39 is 0 Å². The Hall–Kier alpha value is -0.540. The highest BCUT2D eigenvalue weighted by atomic mass is 79.9. The van der Waals surface area contributed by atoms with Gasteiger partial charge in [-0.1, -0.05) is 6.07 Å². The molecule has 0 bridgehead atoms. The first kappa shape index (κ1) is 11.5. The lowest BCUT2D eigenvalue weighted by Crippen LogP contribution is -2.10. The number of hydrogen-bond donors (Lipinski definition) is 1. The molecule has 3 heteroatoms. The second-order valence-corrected chi connectivity index (χ2v) is 4.43. The molecule has 0 aliphatic rings. The molecule has 0 radical (unpaired) electrons. The van der Waals surface area contributed by atoms with E-state index in [1.165, 1.54) is 11.3 Å². The number of benzene rings is 1. The second kappa shape index (κ2) is 5.37. The van der Waals surface area contributed by atoms with E-state index in [1.807, 2.05) is 14.1 Å². The third-order valence-corrected chi connectivity index (χ3v) is 2.83. The predicted molar refractivity (Wildman–Crippen MR) is 65.8 cm³/mol. The van der Waals surface area contributed by atoms with Gasteiger partial charge in [0.25, 0.3) is 0 Å². The van der Waals surface area contributed by atoms with E-state index in [4.69, 9.17) is 5.73 Å². The molecule has 2 N–H and O–H groups in total. The van der Waals surface area contributed by atoms with Crippen LogP contribution in [0.5, 0.6) is 0 Å². The molecule has 78 valence electrons. The highest BCUT2D eigenvalue weighted by Gasteiger charge is 2.02. The minimum Gasteiger partial charge on any atom is -0.377 e. The van der Waals surface area contributed by atoms with E-state index in [0.717, 1.165) is 23.9 Å². The zero-order valence-corrected chi connectivity index (χ0v) is 10.3. The predicted octanol–water partition coefficient (Wildman–Crippen LogP) is 2.41. The fourth-order valence-corrected chi connectivity index (χ4v) is 1.96. The van der Waals surface area contributed by atoms with Gasteiger partial charge in [0.15, 0.2) is 0 Å². The van der Waals surface area contributed by atoms with Crippen molar-refractivity contribution in [1.29, 1.82) is 0 Å². The van der Waals surface area contributed by atoms with Crippen LogP contribution in [-0.4, -0.2) is 20.6 Å². The Labute approximate surface area is 94.2 Å². The third kappa shape index (κ3) is 3.00. The van der Waals surface area contributed by atoms with Crippen molar-refractivity contribution in [2.45, 2.75) is 12.8 Å². The van der Waals surface area contributed by atoms with Crippen LogP contribution in [0, 0.1) is 0 Å². The van der Waals surface area contributed by atoms with Gasteiger partial charge in [0.2, 0.25) is 0 Å². The van der Waals surface area contributed by atoms with Crippen molar-refractivity contribution >= 4 is 21.6 Å². The maximum absolute atomic E-state index is 5.48. The van der Waals surface area contributed by atoms with E-state index in [1.54, 1.807) is 0 Å². The Bertz CT molecular complexity index is 297. The lowest BCUT2D eigenvalue weighted by molar-refractivity contribution is 0.832.